The van der Waals surface area contributed by atoms with Crippen molar-refractivity contribution in [3.8, 4) is 0 Å². The highest BCUT2D eigenvalue weighted by Gasteiger charge is 2.21. The van der Waals surface area contributed by atoms with E-state index in [4.69, 9.17) is 18.9 Å². The van der Waals surface area contributed by atoms with Gasteiger partial charge in [-0.25, -0.2) is 4.79 Å². The van der Waals surface area contributed by atoms with Crippen LogP contribution in [0.1, 0.15) is 12.8 Å². The lowest BCUT2D eigenvalue weighted by molar-refractivity contribution is -0.147. The number of aliphatic carboxylic acids is 1. The molecule has 1 N–H and O–H groups in total. The van der Waals surface area contributed by atoms with Gasteiger partial charge in [0.1, 0.15) is 0 Å². The third-order valence-electron chi connectivity index (χ3n) is 1.31. The van der Waals surface area contributed by atoms with E-state index in [1.54, 1.807) is 4.21 Å². The van der Waals surface area contributed by atoms with Gasteiger partial charge in [0.25, 0.3) is 0 Å². The van der Waals surface area contributed by atoms with Crippen LogP contribution in [0, 0.1) is 0 Å². The zero-order chi connectivity index (χ0) is 9.40. The Morgan fingerprint density at radius 1 is 1.83 bits per heavy atom. The zero-order valence-corrected chi connectivity index (χ0v) is 9.00. The molecule has 1 aliphatic rings. The van der Waals surface area contributed by atoms with Crippen LogP contribution in [0.25, 0.3) is 0 Å². The largest absolute Gasteiger partial charge is 0.530 e. The first kappa shape index (κ1) is 12.2. The smallest absolute Gasteiger partial charge is 0.479 e. The van der Waals surface area contributed by atoms with E-state index in [-0.39, 0.29) is 19.3 Å². The van der Waals surface area contributed by atoms with Crippen LogP contribution in [0.3, 0.4) is 0 Å². The van der Waals surface area contributed by atoms with Gasteiger partial charge in [0.2, 0.25) is 0 Å². The Kier molecular flexibility index (Phi) is 8.00. The second-order valence-electron chi connectivity index (χ2n) is 2.28. The molecule has 0 saturated carbocycles. The molecule has 1 unspecified atom stereocenters. The van der Waals surface area contributed by atoms with Crippen LogP contribution in [0.5, 0.6) is 0 Å². The number of carbonyl (C=O) groups is 1. The molecule has 0 bridgehead atoms. The molecule has 1 atom stereocenters. The average Bonchev–Trinajstić information content (AvgIpc) is 2.57. The van der Waals surface area contributed by atoms with E-state index in [2.05, 4.69) is 6.58 Å². The number of carboxylic acid groups (broad SMARTS) is 1. The molecule has 0 radical (unpaired) electrons. The highest BCUT2D eigenvalue weighted by atomic mass is 35.5. The summed E-state index contributed by atoms with van der Waals surface area (Å²) in [6.07, 6.45) is 1.04. The molecule has 0 spiro atoms. The predicted octanol–water partition coefficient (Wildman–Crippen LogP) is 1.24. The minimum Gasteiger partial charge on any atom is -0.479 e. The van der Waals surface area contributed by atoms with E-state index in [0.29, 0.717) is 13.0 Å². The minimum absolute atomic E-state index is 0.340. The molecule has 0 amide bonds. The third-order valence-corrected chi connectivity index (χ3v) is 2.19. The fraction of sp³-hybridized carbons (Fsp3) is 0.571. The third kappa shape index (κ3) is 5.82. The first-order valence-electron chi connectivity index (χ1n) is 3.73. The van der Waals surface area contributed by atoms with Gasteiger partial charge in [0, 0.05) is 6.61 Å². The van der Waals surface area contributed by atoms with Crippen LogP contribution >= 0.6 is 9.07 Å². The summed E-state index contributed by atoms with van der Waals surface area (Å²) in [5.41, 5.74) is 0. The number of halogens is 1. The van der Waals surface area contributed by atoms with Gasteiger partial charge >= 0.3 is 25.2 Å². The lowest BCUT2D eigenvalue weighted by Gasteiger charge is -1.98. The summed E-state index contributed by atoms with van der Waals surface area (Å²) in [6, 6.07) is 0. The van der Waals surface area contributed by atoms with E-state index >= 15 is 0 Å². The second kappa shape index (κ2) is 7.85. The topological polar surface area (TPSA) is 46.5 Å². The predicted molar refractivity (Wildman–Crippen MR) is 48.4 cm³/mol. The Hall–Kier alpha value is 0.226. The van der Waals surface area contributed by atoms with Crippen molar-refractivity contribution in [2.24, 2.45) is 0 Å². The maximum Gasteiger partial charge on any atom is 0.530 e. The number of carboxylic acids is 1. The van der Waals surface area contributed by atoms with Crippen molar-refractivity contribution in [2.45, 2.75) is 18.9 Å². The molecular formula is C7H11ClMgO3. The monoisotopic (exact) mass is 202 g/mol. The Labute approximate surface area is 85.2 Å². The van der Waals surface area contributed by atoms with Crippen molar-refractivity contribution in [1.82, 2.24) is 0 Å². The van der Waals surface area contributed by atoms with Crippen LogP contribution in [-0.4, -0.2) is 43.1 Å². The molecule has 66 valence electrons. The van der Waals surface area contributed by atoms with Crippen LogP contribution < -0.4 is 0 Å². The van der Waals surface area contributed by atoms with E-state index in [0.717, 1.165) is 6.42 Å². The summed E-state index contributed by atoms with van der Waals surface area (Å²) in [4.78, 5) is 10.1. The van der Waals surface area contributed by atoms with Gasteiger partial charge in [0.15, 0.2) is 6.10 Å². The van der Waals surface area contributed by atoms with Crippen molar-refractivity contribution < 1.29 is 14.6 Å². The molecule has 0 aliphatic carbocycles. The molecule has 0 aromatic heterocycles. The first-order chi connectivity index (χ1) is 5.72. The summed E-state index contributed by atoms with van der Waals surface area (Å²) in [5, 5.41) is 8.29. The molecule has 1 aliphatic heterocycles. The zero-order valence-electron chi connectivity index (χ0n) is 6.83. The fourth-order valence-corrected chi connectivity index (χ4v) is 0.772. The lowest BCUT2D eigenvalue weighted by atomic mass is 10.2. The molecular weight excluding hydrogens is 192 g/mol. The van der Waals surface area contributed by atoms with E-state index in [1.165, 1.54) is 0 Å². The number of hydrogen-bond acceptors (Lipinski definition) is 2. The van der Waals surface area contributed by atoms with Crippen molar-refractivity contribution in [3.05, 3.63) is 10.8 Å². The molecule has 1 heterocycles. The minimum atomic E-state index is -0.831. The van der Waals surface area contributed by atoms with E-state index in [9.17, 15) is 4.79 Å². The fourth-order valence-electron chi connectivity index (χ4n) is 0.772. The molecule has 0 aromatic rings. The Balaban J connectivity index is 0.000000261. The Bertz CT molecular complexity index is 146. The van der Waals surface area contributed by atoms with Gasteiger partial charge in [-0.05, 0) is 12.8 Å². The van der Waals surface area contributed by atoms with Crippen LogP contribution in [0.4, 0.5) is 0 Å². The van der Waals surface area contributed by atoms with Crippen LogP contribution in [-0.2, 0) is 9.53 Å². The molecule has 5 heteroatoms. The highest BCUT2D eigenvalue weighted by Crippen LogP contribution is 2.10. The van der Waals surface area contributed by atoms with Gasteiger partial charge in [-0.1, -0.05) is 0 Å². The highest BCUT2D eigenvalue weighted by molar-refractivity contribution is 6.96. The number of hydrogen-bond donors (Lipinski definition) is 1. The summed E-state index contributed by atoms with van der Waals surface area (Å²) in [5.74, 6) is -0.831. The summed E-state index contributed by atoms with van der Waals surface area (Å²) >= 11 is -0.340. The molecule has 12 heavy (non-hydrogen) atoms. The quantitative estimate of drug-likeness (QED) is 0.686. The van der Waals surface area contributed by atoms with Gasteiger partial charge in [-0.2, -0.15) is 4.21 Å². The summed E-state index contributed by atoms with van der Waals surface area (Å²) in [6.45, 7) is 4.02. The van der Waals surface area contributed by atoms with Crippen LogP contribution in [0.2, 0.25) is 0 Å². The summed E-state index contributed by atoms with van der Waals surface area (Å²) in [7, 11) is 5.21. The van der Waals surface area contributed by atoms with Gasteiger partial charge < -0.3 is 18.9 Å². The van der Waals surface area contributed by atoms with Crippen molar-refractivity contribution in [2.75, 3.05) is 6.61 Å². The maximum atomic E-state index is 10.1. The first-order valence-corrected chi connectivity index (χ1v) is 6.69. The van der Waals surface area contributed by atoms with Gasteiger partial charge in [-0.15, -0.1) is 6.58 Å². The molecule has 0 aromatic carbocycles. The maximum absolute atomic E-state index is 10.1. The Morgan fingerprint density at radius 3 is 2.58 bits per heavy atom. The normalized spacial score (nSPS) is 20.2. The van der Waals surface area contributed by atoms with Crippen molar-refractivity contribution in [3.63, 3.8) is 0 Å². The second-order valence-corrected chi connectivity index (χ2v) is 4.09. The standard InChI is InChI=1S/C5H8O3.C2H3.ClH.Mg/c6-5(7)4-2-1-3-8-4;1-2;;/h4H,1-3H2,(H,6,7);1H,2H2;1H;/q;;;+1/p-1. The molecule has 1 saturated heterocycles. The van der Waals surface area contributed by atoms with Gasteiger partial charge in [0.05, 0.1) is 0 Å². The SMILES string of the molecule is C=[CH][Mg][Cl].O=C(O)C1CCCO1. The van der Waals surface area contributed by atoms with E-state index < -0.39 is 12.1 Å². The van der Waals surface area contributed by atoms with Crippen molar-refractivity contribution in [1.29, 1.82) is 0 Å². The molecule has 1 rings (SSSR count). The summed E-state index contributed by atoms with van der Waals surface area (Å²) < 4.78 is 6.59. The van der Waals surface area contributed by atoms with Crippen LogP contribution in [0.15, 0.2) is 10.8 Å². The Morgan fingerprint density at radius 2 is 2.42 bits per heavy atom. The van der Waals surface area contributed by atoms with E-state index in [1.807, 2.05) is 0 Å². The average molecular weight is 203 g/mol. The van der Waals surface area contributed by atoms with Gasteiger partial charge in [-0.3, -0.25) is 0 Å². The van der Waals surface area contributed by atoms with Crippen molar-refractivity contribution >= 4 is 34.3 Å². The lowest BCUT2D eigenvalue weighted by Crippen LogP contribution is -2.17. The number of rotatable bonds is 2. The number of ether oxygens (including phenoxy) is 1. The molecule has 3 nitrogen and oxygen atoms in total. The molecule has 1 fully saturated rings.